The van der Waals surface area contributed by atoms with Crippen LogP contribution in [0.4, 0.5) is 8.78 Å². The first-order chi connectivity index (χ1) is 13.1. The summed E-state index contributed by atoms with van der Waals surface area (Å²) in [5, 5.41) is 9.35. The minimum Gasteiger partial charge on any atom is -0.423 e. The molecule has 0 aliphatic heterocycles. The van der Waals surface area contributed by atoms with E-state index in [1.54, 1.807) is 30.3 Å². The van der Waals surface area contributed by atoms with Crippen LogP contribution in [0.15, 0.2) is 72.8 Å². The smallest absolute Gasteiger partial charge is 0.343 e. The highest BCUT2D eigenvalue weighted by molar-refractivity contribution is 5.92. The Morgan fingerprint density at radius 2 is 1.74 bits per heavy atom. The van der Waals surface area contributed by atoms with Crippen LogP contribution in [0.25, 0.3) is 11.6 Å². The zero-order valence-corrected chi connectivity index (χ0v) is 14.0. The summed E-state index contributed by atoms with van der Waals surface area (Å²) in [5.74, 6) is -1.52. The van der Waals surface area contributed by atoms with Gasteiger partial charge in [0, 0.05) is 5.56 Å². The Balaban J connectivity index is 1.86. The van der Waals surface area contributed by atoms with Crippen molar-refractivity contribution in [2.24, 2.45) is 0 Å². The first kappa shape index (κ1) is 18.0. The predicted molar refractivity (Wildman–Crippen MR) is 97.7 cm³/mol. The molecular weight excluding hydrogens is 348 g/mol. The Labute approximate surface area is 154 Å². The first-order valence-corrected chi connectivity index (χ1v) is 8.01. The lowest BCUT2D eigenvalue weighted by molar-refractivity contribution is 0.0734. The molecule has 0 saturated heterocycles. The van der Waals surface area contributed by atoms with E-state index in [0.717, 1.165) is 6.07 Å². The molecule has 0 unspecified atom stereocenters. The zero-order chi connectivity index (χ0) is 19.2. The quantitative estimate of drug-likeness (QED) is 0.276. The second-order valence-electron chi connectivity index (χ2n) is 5.62. The first-order valence-electron chi connectivity index (χ1n) is 8.01. The number of carbonyl (C=O) groups is 1. The summed E-state index contributed by atoms with van der Waals surface area (Å²) < 4.78 is 32.4. The van der Waals surface area contributed by atoms with E-state index in [1.807, 2.05) is 6.07 Å². The van der Waals surface area contributed by atoms with Gasteiger partial charge in [-0.15, -0.1) is 0 Å². The summed E-state index contributed by atoms with van der Waals surface area (Å²) in [6.07, 6.45) is 1.50. The summed E-state index contributed by atoms with van der Waals surface area (Å²) in [4.78, 5) is 12.1. The van der Waals surface area contributed by atoms with Gasteiger partial charge in [-0.2, -0.15) is 5.26 Å². The highest BCUT2D eigenvalue weighted by Gasteiger charge is 2.10. The Morgan fingerprint density at radius 1 is 0.963 bits per heavy atom. The van der Waals surface area contributed by atoms with Crippen LogP contribution >= 0.6 is 0 Å². The molecule has 5 heteroatoms. The predicted octanol–water partition coefficient (Wildman–Crippen LogP) is 5.25. The number of allylic oxidation sites excluding steroid dienone is 1. The van der Waals surface area contributed by atoms with E-state index < -0.39 is 17.6 Å². The van der Waals surface area contributed by atoms with Crippen LogP contribution in [0.1, 0.15) is 21.5 Å². The molecule has 3 aromatic carbocycles. The molecule has 0 fully saturated rings. The molecule has 0 heterocycles. The number of nitrogens with zero attached hydrogens (tertiary/aromatic N) is 1. The van der Waals surface area contributed by atoms with Crippen LogP contribution < -0.4 is 4.74 Å². The van der Waals surface area contributed by atoms with Crippen molar-refractivity contribution in [1.82, 2.24) is 0 Å². The third-order valence-corrected chi connectivity index (χ3v) is 3.72. The number of carbonyl (C=O) groups excluding carboxylic acids is 1. The second-order valence-corrected chi connectivity index (χ2v) is 5.62. The van der Waals surface area contributed by atoms with Crippen molar-refractivity contribution in [3.8, 4) is 11.8 Å². The fourth-order valence-electron chi connectivity index (χ4n) is 2.47. The average molecular weight is 361 g/mol. The standard InChI is InChI=1S/C22H13F2NO2/c23-18-7-4-6-16(13-18)22(26)27-19-8-3-5-15(12-19)11-17(14-25)20-9-1-2-10-21(20)24/h1-13H/b17-11-. The summed E-state index contributed by atoms with van der Waals surface area (Å²) in [6, 6.07) is 19.5. The number of benzene rings is 3. The number of halogens is 2. The minimum atomic E-state index is -0.703. The molecule has 0 amide bonds. The topological polar surface area (TPSA) is 50.1 Å². The highest BCUT2D eigenvalue weighted by Crippen LogP contribution is 2.23. The van der Waals surface area contributed by atoms with Gasteiger partial charge >= 0.3 is 5.97 Å². The molecule has 27 heavy (non-hydrogen) atoms. The van der Waals surface area contributed by atoms with Crippen molar-refractivity contribution in [2.75, 3.05) is 0 Å². The zero-order valence-electron chi connectivity index (χ0n) is 14.0. The van der Waals surface area contributed by atoms with Gasteiger partial charge in [0.05, 0.1) is 17.2 Å². The minimum absolute atomic E-state index is 0.0833. The van der Waals surface area contributed by atoms with Crippen molar-refractivity contribution in [3.05, 3.63) is 101 Å². The van der Waals surface area contributed by atoms with Crippen LogP contribution in [0.2, 0.25) is 0 Å². The third-order valence-electron chi connectivity index (χ3n) is 3.72. The summed E-state index contributed by atoms with van der Waals surface area (Å²) in [5.41, 5.74) is 0.961. The molecule has 132 valence electrons. The van der Waals surface area contributed by atoms with E-state index in [1.165, 1.54) is 42.5 Å². The largest absolute Gasteiger partial charge is 0.423 e. The molecule has 3 aromatic rings. The molecule has 0 spiro atoms. The summed E-state index contributed by atoms with van der Waals surface area (Å²) >= 11 is 0. The van der Waals surface area contributed by atoms with E-state index in [-0.39, 0.29) is 22.4 Å². The second kappa shape index (κ2) is 8.07. The molecule has 0 aliphatic rings. The van der Waals surface area contributed by atoms with E-state index in [0.29, 0.717) is 5.56 Å². The fraction of sp³-hybridized carbons (Fsp3) is 0. The molecule has 0 radical (unpaired) electrons. The molecule has 3 rings (SSSR count). The van der Waals surface area contributed by atoms with Crippen LogP contribution in [0.5, 0.6) is 5.75 Å². The lowest BCUT2D eigenvalue weighted by Crippen LogP contribution is -2.08. The SMILES string of the molecule is N#C/C(=C/c1cccc(OC(=O)c2cccc(F)c2)c1)c1ccccc1F. The molecular formula is C22H13F2NO2. The van der Waals surface area contributed by atoms with Crippen molar-refractivity contribution < 1.29 is 18.3 Å². The Bertz CT molecular complexity index is 1070. The lowest BCUT2D eigenvalue weighted by Gasteiger charge is -2.06. The summed E-state index contributed by atoms with van der Waals surface area (Å²) in [6.45, 7) is 0. The molecule has 0 bridgehead atoms. The molecule has 0 atom stereocenters. The summed E-state index contributed by atoms with van der Waals surface area (Å²) in [7, 11) is 0. The van der Waals surface area contributed by atoms with Crippen molar-refractivity contribution in [2.45, 2.75) is 0 Å². The fourth-order valence-corrected chi connectivity index (χ4v) is 2.47. The van der Waals surface area contributed by atoms with Gasteiger partial charge < -0.3 is 4.74 Å². The van der Waals surface area contributed by atoms with Gasteiger partial charge in [0.25, 0.3) is 0 Å². The van der Waals surface area contributed by atoms with Crippen molar-refractivity contribution >= 4 is 17.6 Å². The Kier molecular flexibility index (Phi) is 5.38. The van der Waals surface area contributed by atoms with E-state index in [2.05, 4.69) is 0 Å². The van der Waals surface area contributed by atoms with Crippen LogP contribution in [0, 0.1) is 23.0 Å². The molecule has 0 aliphatic carbocycles. The third kappa shape index (κ3) is 4.44. The van der Waals surface area contributed by atoms with E-state index in [9.17, 15) is 18.8 Å². The molecule has 0 saturated carbocycles. The maximum atomic E-state index is 13.9. The van der Waals surface area contributed by atoms with E-state index in [4.69, 9.17) is 4.74 Å². The van der Waals surface area contributed by atoms with Crippen LogP contribution in [0.3, 0.4) is 0 Å². The van der Waals surface area contributed by atoms with Gasteiger partial charge in [-0.1, -0.05) is 36.4 Å². The average Bonchev–Trinajstić information content (AvgIpc) is 2.67. The Hall–Kier alpha value is -3.78. The molecule has 3 nitrogen and oxygen atoms in total. The molecule has 0 N–H and O–H groups in total. The maximum Gasteiger partial charge on any atom is 0.343 e. The lowest BCUT2D eigenvalue weighted by atomic mass is 10.0. The van der Waals surface area contributed by atoms with Gasteiger partial charge in [-0.25, -0.2) is 13.6 Å². The van der Waals surface area contributed by atoms with Gasteiger partial charge in [0.1, 0.15) is 17.4 Å². The normalized spacial score (nSPS) is 10.9. The van der Waals surface area contributed by atoms with Gasteiger partial charge in [-0.3, -0.25) is 0 Å². The van der Waals surface area contributed by atoms with Gasteiger partial charge in [0.15, 0.2) is 0 Å². The number of hydrogen-bond acceptors (Lipinski definition) is 3. The van der Waals surface area contributed by atoms with Gasteiger partial charge in [-0.05, 0) is 48.0 Å². The van der Waals surface area contributed by atoms with Crippen molar-refractivity contribution in [3.63, 3.8) is 0 Å². The van der Waals surface area contributed by atoms with Crippen LogP contribution in [-0.2, 0) is 0 Å². The number of rotatable bonds is 4. The molecule has 0 aromatic heterocycles. The highest BCUT2D eigenvalue weighted by atomic mass is 19.1. The van der Waals surface area contributed by atoms with E-state index >= 15 is 0 Å². The number of ether oxygens (including phenoxy) is 1. The number of esters is 1. The van der Waals surface area contributed by atoms with Crippen LogP contribution in [-0.4, -0.2) is 5.97 Å². The monoisotopic (exact) mass is 361 g/mol. The van der Waals surface area contributed by atoms with Crippen molar-refractivity contribution in [1.29, 1.82) is 5.26 Å². The Morgan fingerprint density at radius 3 is 2.48 bits per heavy atom. The number of nitriles is 1. The van der Waals surface area contributed by atoms with Gasteiger partial charge in [0.2, 0.25) is 0 Å². The maximum absolute atomic E-state index is 13.9. The number of hydrogen-bond donors (Lipinski definition) is 0.